The summed E-state index contributed by atoms with van der Waals surface area (Å²) in [6.07, 6.45) is 0.0768. The van der Waals surface area contributed by atoms with Crippen molar-refractivity contribution in [2.24, 2.45) is 0 Å². The smallest absolute Gasteiger partial charge is 0.192 e. The summed E-state index contributed by atoms with van der Waals surface area (Å²) in [5.74, 6) is 0. The van der Waals surface area contributed by atoms with Gasteiger partial charge < -0.3 is 4.43 Å². The number of likely N-dealkylation sites (tertiary alicyclic amines) is 1. The normalized spacial score (nSPS) is 24.0. The number of nitrogens with zero attached hydrogens (tertiary/aromatic N) is 1. The van der Waals surface area contributed by atoms with Crippen LogP contribution in [0.4, 0.5) is 4.39 Å². The Kier molecular flexibility index (Phi) is 4.55. The van der Waals surface area contributed by atoms with E-state index in [2.05, 4.69) is 38.8 Å². The lowest BCUT2D eigenvalue weighted by atomic mass is 10.2. The third-order valence-electron chi connectivity index (χ3n) is 3.89. The molecular weight excluding hydrogens is 221 g/mol. The number of rotatable bonds is 4. The molecule has 0 aromatic carbocycles. The SMILES string of the molecule is CC(C)(C)[Si](C)(C)OCCN1CCC(F)C1. The van der Waals surface area contributed by atoms with Crippen molar-refractivity contribution in [3.63, 3.8) is 0 Å². The summed E-state index contributed by atoms with van der Waals surface area (Å²) in [7, 11) is -1.61. The second-order valence-electron chi connectivity index (χ2n) is 6.30. The first-order valence-electron chi connectivity index (χ1n) is 6.23. The van der Waals surface area contributed by atoms with Gasteiger partial charge in [0, 0.05) is 26.2 Å². The summed E-state index contributed by atoms with van der Waals surface area (Å²) in [6.45, 7) is 14.4. The maximum Gasteiger partial charge on any atom is 0.192 e. The molecule has 16 heavy (non-hydrogen) atoms. The predicted molar refractivity (Wildman–Crippen MR) is 69.1 cm³/mol. The van der Waals surface area contributed by atoms with E-state index >= 15 is 0 Å². The minimum absolute atomic E-state index is 0.265. The van der Waals surface area contributed by atoms with Crippen molar-refractivity contribution in [1.29, 1.82) is 0 Å². The summed E-state index contributed by atoms with van der Waals surface area (Å²) >= 11 is 0. The van der Waals surface area contributed by atoms with Crippen LogP contribution in [0.15, 0.2) is 0 Å². The highest BCUT2D eigenvalue weighted by Gasteiger charge is 2.37. The average Bonchev–Trinajstić information content (AvgIpc) is 2.49. The standard InChI is InChI=1S/C12H26FNOSi/c1-12(2,3)16(4,5)15-9-8-14-7-6-11(13)10-14/h11H,6-10H2,1-5H3. The van der Waals surface area contributed by atoms with E-state index in [9.17, 15) is 4.39 Å². The molecule has 1 fully saturated rings. The zero-order valence-corrected chi connectivity index (χ0v) is 12.3. The van der Waals surface area contributed by atoms with E-state index in [4.69, 9.17) is 4.43 Å². The van der Waals surface area contributed by atoms with Crippen LogP contribution in [0, 0.1) is 0 Å². The van der Waals surface area contributed by atoms with Crippen molar-refractivity contribution in [3.8, 4) is 0 Å². The minimum Gasteiger partial charge on any atom is -0.416 e. The van der Waals surface area contributed by atoms with Crippen LogP contribution in [-0.2, 0) is 4.43 Å². The van der Waals surface area contributed by atoms with Crippen LogP contribution < -0.4 is 0 Å². The van der Waals surface area contributed by atoms with E-state index < -0.39 is 14.5 Å². The van der Waals surface area contributed by atoms with Crippen molar-refractivity contribution in [3.05, 3.63) is 0 Å². The maximum absolute atomic E-state index is 13.0. The first-order valence-corrected chi connectivity index (χ1v) is 9.13. The monoisotopic (exact) mass is 247 g/mol. The van der Waals surface area contributed by atoms with Crippen LogP contribution in [0.2, 0.25) is 18.1 Å². The molecule has 2 nitrogen and oxygen atoms in total. The zero-order chi connectivity index (χ0) is 12.4. The molecule has 0 aromatic heterocycles. The Morgan fingerprint density at radius 2 is 2.00 bits per heavy atom. The summed E-state index contributed by atoms with van der Waals surface area (Å²) in [5.41, 5.74) is 0. The Morgan fingerprint density at radius 3 is 2.44 bits per heavy atom. The van der Waals surface area contributed by atoms with Gasteiger partial charge in [-0.15, -0.1) is 0 Å². The Bertz CT molecular complexity index is 228. The highest BCUT2D eigenvalue weighted by atomic mass is 28.4. The molecule has 0 saturated carbocycles. The minimum atomic E-state index is -1.61. The quantitative estimate of drug-likeness (QED) is 0.708. The number of alkyl halides is 1. The fourth-order valence-electron chi connectivity index (χ4n) is 1.63. The third-order valence-corrected chi connectivity index (χ3v) is 8.43. The lowest BCUT2D eigenvalue weighted by molar-refractivity contribution is 0.212. The molecule has 96 valence electrons. The summed E-state index contributed by atoms with van der Waals surface area (Å²) < 4.78 is 19.0. The third kappa shape index (κ3) is 3.82. The molecule has 0 bridgehead atoms. The van der Waals surface area contributed by atoms with E-state index in [-0.39, 0.29) is 5.04 Å². The van der Waals surface area contributed by atoms with E-state index in [1.54, 1.807) is 0 Å². The molecule has 1 aliphatic rings. The molecule has 0 aromatic rings. The Labute approximate surface area is 100 Å². The van der Waals surface area contributed by atoms with Gasteiger partial charge in [0.15, 0.2) is 8.32 Å². The Hall–Kier alpha value is 0.0669. The van der Waals surface area contributed by atoms with Crippen molar-refractivity contribution in [2.45, 2.75) is 51.5 Å². The number of hydrogen-bond donors (Lipinski definition) is 0. The van der Waals surface area contributed by atoms with Gasteiger partial charge in [0.2, 0.25) is 0 Å². The molecule has 1 rings (SSSR count). The second kappa shape index (κ2) is 5.15. The van der Waals surface area contributed by atoms with E-state index in [0.29, 0.717) is 13.0 Å². The number of hydrogen-bond acceptors (Lipinski definition) is 2. The Balaban J connectivity index is 2.25. The van der Waals surface area contributed by atoms with Crippen LogP contribution >= 0.6 is 0 Å². The molecule has 0 amide bonds. The van der Waals surface area contributed by atoms with E-state index in [1.807, 2.05) is 0 Å². The lowest BCUT2D eigenvalue weighted by Crippen LogP contribution is -2.42. The van der Waals surface area contributed by atoms with E-state index in [0.717, 1.165) is 19.7 Å². The van der Waals surface area contributed by atoms with Crippen LogP contribution in [0.1, 0.15) is 27.2 Å². The van der Waals surface area contributed by atoms with Crippen LogP contribution in [0.25, 0.3) is 0 Å². The number of halogens is 1. The summed E-state index contributed by atoms with van der Waals surface area (Å²) in [4.78, 5) is 2.16. The molecule has 1 unspecified atom stereocenters. The molecule has 0 spiro atoms. The highest BCUT2D eigenvalue weighted by molar-refractivity contribution is 6.74. The van der Waals surface area contributed by atoms with Gasteiger partial charge in [-0.1, -0.05) is 20.8 Å². The van der Waals surface area contributed by atoms with Gasteiger partial charge in [-0.25, -0.2) is 4.39 Å². The molecular formula is C12H26FNOSi. The van der Waals surface area contributed by atoms with Gasteiger partial charge in [-0.2, -0.15) is 0 Å². The first kappa shape index (κ1) is 14.1. The molecule has 0 N–H and O–H groups in total. The molecule has 1 heterocycles. The van der Waals surface area contributed by atoms with Crippen molar-refractivity contribution in [1.82, 2.24) is 4.90 Å². The van der Waals surface area contributed by atoms with Gasteiger partial charge in [0.1, 0.15) is 6.17 Å². The molecule has 1 atom stereocenters. The van der Waals surface area contributed by atoms with Gasteiger partial charge in [-0.3, -0.25) is 4.90 Å². The maximum atomic E-state index is 13.0. The second-order valence-corrected chi connectivity index (χ2v) is 11.1. The largest absolute Gasteiger partial charge is 0.416 e. The molecule has 1 aliphatic heterocycles. The van der Waals surface area contributed by atoms with Crippen molar-refractivity contribution in [2.75, 3.05) is 26.2 Å². The lowest BCUT2D eigenvalue weighted by Gasteiger charge is -2.36. The first-order chi connectivity index (χ1) is 7.22. The highest BCUT2D eigenvalue weighted by Crippen LogP contribution is 2.36. The van der Waals surface area contributed by atoms with Gasteiger partial charge in [0.05, 0.1) is 0 Å². The summed E-state index contributed by atoms with van der Waals surface area (Å²) in [5, 5.41) is 0.265. The van der Waals surface area contributed by atoms with Gasteiger partial charge in [-0.05, 0) is 24.6 Å². The Morgan fingerprint density at radius 1 is 1.38 bits per heavy atom. The van der Waals surface area contributed by atoms with Crippen molar-refractivity contribution < 1.29 is 8.82 Å². The summed E-state index contributed by atoms with van der Waals surface area (Å²) in [6, 6.07) is 0. The van der Waals surface area contributed by atoms with Crippen molar-refractivity contribution >= 4 is 8.32 Å². The molecule has 0 radical (unpaired) electrons. The molecule has 0 aliphatic carbocycles. The fourth-order valence-corrected chi connectivity index (χ4v) is 2.67. The van der Waals surface area contributed by atoms with Gasteiger partial charge in [0.25, 0.3) is 0 Å². The fraction of sp³-hybridized carbons (Fsp3) is 1.00. The van der Waals surface area contributed by atoms with Crippen LogP contribution in [-0.4, -0.2) is 45.6 Å². The average molecular weight is 247 g/mol. The topological polar surface area (TPSA) is 12.5 Å². The van der Waals surface area contributed by atoms with Crippen LogP contribution in [0.5, 0.6) is 0 Å². The zero-order valence-electron chi connectivity index (χ0n) is 11.3. The molecule has 4 heteroatoms. The van der Waals surface area contributed by atoms with E-state index in [1.165, 1.54) is 0 Å². The van der Waals surface area contributed by atoms with Gasteiger partial charge >= 0.3 is 0 Å². The van der Waals surface area contributed by atoms with Crippen LogP contribution in [0.3, 0.4) is 0 Å². The predicted octanol–water partition coefficient (Wildman–Crippen LogP) is 3.05. The molecule has 1 saturated heterocycles.